The van der Waals surface area contributed by atoms with Crippen molar-refractivity contribution in [3.05, 3.63) is 51.9 Å². The molecule has 1 aromatic carbocycles. The highest BCUT2D eigenvalue weighted by Crippen LogP contribution is 2.21. The van der Waals surface area contributed by atoms with Crippen LogP contribution < -0.4 is 10.9 Å². The zero-order chi connectivity index (χ0) is 17.7. The van der Waals surface area contributed by atoms with Crippen LogP contribution in [-0.4, -0.2) is 21.1 Å². The first-order valence-corrected chi connectivity index (χ1v) is 8.29. The van der Waals surface area contributed by atoms with Gasteiger partial charge in [0.1, 0.15) is 0 Å². The number of benzene rings is 1. The maximum Gasteiger partial charge on any atom is 0.251 e. The van der Waals surface area contributed by atoms with Gasteiger partial charge in [0.25, 0.3) is 5.56 Å². The van der Waals surface area contributed by atoms with Crippen molar-refractivity contribution < 1.29 is 13.6 Å². The van der Waals surface area contributed by atoms with Crippen LogP contribution in [0.3, 0.4) is 0 Å². The monoisotopic (exact) mass is 353 g/mol. The molecule has 2 rings (SSSR count). The van der Waals surface area contributed by atoms with E-state index in [1.165, 1.54) is 12.1 Å². The van der Waals surface area contributed by atoms with E-state index in [2.05, 4.69) is 15.3 Å². The van der Waals surface area contributed by atoms with Gasteiger partial charge in [-0.1, -0.05) is 25.1 Å². The number of nitrogens with one attached hydrogen (secondary N) is 2. The Kier molecular flexibility index (Phi) is 6.08. The van der Waals surface area contributed by atoms with Crippen LogP contribution in [0.5, 0.6) is 0 Å². The number of carbonyl (C=O) groups excluding carboxylic acids is 1. The Labute approximate surface area is 141 Å². The van der Waals surface area contributed by atoms with Crippen LogP contribution >= 0.6 is 11.8 Å². The molecule has 0 radical (unpaired) electrons. The van der Waals surface area contributed by atoms with Gasteiger partial charge in [-0.05, 0) is 25.5 Å². The van der Waals surface area contributed by atoms with Gasteiger partial charge >= 0.3 is 0 Å². The molecule has 2 N–H and O–H groups in total. The van der Waals surface area contributed by atoms with E-state index in [-0.39, 0.29) is 11.2 Å². The van der Waals surface area contributed by atoms with E-state index < -0.39 is 22.8 Å². The van der Waals surface area contributed by atoms with E-state index >= 15 is 0 Å². The summed E-state index contributed by atoms with van der Waals surface area (Å²) in [5.74, 6) is -2.43. The number of amides is 1. The molecule has 128 valence electrons. The van der Waals surface area contributed by atoms with Gasteiger partial charge in [0.2, 0.25) is 5.91 Å². The fourth-order valence-corrected chi connectivity index (χ4v) is 2.79. The van der Waals surface area contributed by atoms with Crippen molar-refractivity contribution in [3.63, 3.8) is 0 Å². The lowest BCUT2D eigenvalue weighted by molar-refractivity contribution is -0.115. The van der Waals surface area contributed by atoms with Crippen LogP contribution in [0, 0.1) is 11.6 Å². The molecule has 8 heteroatoms. The Balaban J connectivity index is 2.05. The van der Waals surface area contributed by atoms with E-state index in [4.69, 9.17) is 0 Å². The average Bonchev–Trinajstić information content (AvgIpc) is 2.50. The zero-order valence-electron chi connectivity index (χ0n) is 13.2. The van der Waals surface area contributed by atoms with Crippen molar-refractivity contribution >= 4 is 23.4 Å². The fraction of sp³-hybridized carbons (Fsp3) is 0.312. The predicted octanol–water partition coefficient (Wildman–Crippen LogP) is 3.12. The lowest BCUT2D eigenvalue weighted by Gasteiger charge is -2.12. The molecule has 1 atom stereocenters. The number of nitrogens with zero attached hydrogens (tertiary/aromatic N) is 1. The molecule has 1 amide bonds. The first kappa shape index (κ1) is 18.1. The van der Waals surface area contributed by atoms with Gasteiger partial charge < -0.3 is 10.3 Å². The van der Waals surface area contributed by atoms with E-state index in [0.29, 0.717) is 17.3 Å². The Hall–Kier alpha value is -2.22. The third kappa shape index (κ3) is 4.89. The lowest BCUT2D eigenvalue weighted by Crippen LogP contribution is -2.23. The third-order valence-electron chi connectivity index (χ3n) is 3.12. The smallest absolute Gasteiger partial charge is 0.251 e. The minimum atomic E-state index is -1.04. The molecule has 0 saturated carbocycles. The van der Waals surface area contributed by atoms with Gasteiger partial charge in [0.15, 0.2) is 16.8 Å². The maximum atomic E-state index is 13.2. The molecule has 0 unspecified atom stereocenters. The molecule has 0 aliphatic rings. The predicted molar refractivity (Wildman–Crippen MR) is 89.2 cm³/mol. The summed E-state index contributed by atoms with van der Waals surface area (Å²) in [4.78, 5) is 30.6. The molecular formula is C16H17F2N3O2S. The first-order chi connectivity index (χ1) is 11.4. The number of aryl methyl sites for hydroxylation is 1. The third-order valence-corrected chi connectivity index (χ3v) is 4.11. The topological polar surface area (TPSA) is 74.8 Å². The minimum Gasteiger partial charge on any atom is -0.325 e. The molecule has 0 fully saturated rings. The Bertz CT molecular complexity index is 795. The molecule has 2 aromatic rings. The largest absolute Gasteiger partial charge is 0.325 e. The van der Waals surface area contributed by atoms with Gasteiger partial charge in [0.05, 0.1) is 5.25 Å². The standard InChI is InChI=1S/C16H17F2N3O2S/c1-3-4-10-8-14(22)21-16(20-10)24-9(2)15(23)19-11-5-6-12(17)13(18)7-11/h5-9H,3-4H2,1-2H3,(H,19,23)(H,20,21,22)/t9-/m1/s1. The minimum absolute atomic E-state index is 0.160. The van der Waals surface area contributed by atoms with Crippen LogP contribution in [-0.2, 0) is 11.2 Å². The summed E-state index contributed by atoms with van der Waals surface area (Å²) in [5.41, 5.74) is 0.550. The number of hydrogen-bond acceptors (Lipinski definition) is 4. The summed E-state index contributed by atoms with van der Waals surface area (Å²) >= 11 is 1.09. The molecule has 0 bridgehead atoms. The summed E-state index contributed by atoms with van der Waals surface area (Å²) in [6.45, 7) is 3.61. The SMILES string of the molecule is CCCc1cc(=O)[nH]c(S[C@H](C)C(=O)Nc2ccc(F)c(F)c2)n1. The number of carbonyl (C=O) groups is 1. The second-order valence-electron chi connectivity index (χ2n) is 5.17. The van der Waals surface area contributed by atoms with Crippen LogP contribution in [0.25, 0.3) is 0 Å². The van der Waals surface area contributed by atoms with E-state index in [0.717, 1.165) is 30.3 Å². The summed E-state index contributed by atoms with van der Waals surface area (Å²) in [7, 11) is 0. The van der Waals surface area contributed by atoms with Crippen molar-refractivity contribution in [1.29, 1.82) is 0 Å². The van der Waals surface area contributed by atoms with Crippen molar-refractivity contribution in [2.45, 2.75) is 37.1 Å². The Morgan fingerprint density at radius 1 is 1.33 bits per heavy atom. The number of aromatic amines is 1. The second kappa shape index (κ2) is 8.05. The van der Waals surface area contributed by atoms with Crippen LogP contribution in [0.15, 0.2) is 34.2 Å². The van der Waals surface area contributed by atoms with Gasteiger partial charge in [-0.25, -0.2) is 13.8 Å². The van der Waals surface area contributed by atoms with Crippen molar-refractivity contribution in [2.24, 2.45) is 0 Å². The molecular weight excluding hydrogens is 336 g/mol. The van der Waals surface area contributed by atoms with E-state index in [1.54, 1.807) is 6.92 Å². The van der Waals surface area contributed by atoms with Gasteiger partial charge in [-0.15, -0.1) is 0 Å². The molecule has 5 nitrogen and oxygen atoms in total. The number of thioether (sulfide) groups is 1. The summed E-state index contributed by atoms with van der Waals surface area (Å²) in [6, 6.07) is 4.55. The molecule has 1 aromatic heterocycles. The summed E-state index contributed by atoms with van der Waals surface area (Å²) in [5, 5.41) is 2.26. The number of hydrogen-bond donors (Lipinski definition) is 2. The molecule has 0 saturated heterocycles. The molecule has 24 heavy (non-hydrogen) atoms. The van der Waals surface area contributed by atoms with Crippen molar-refractivity contribution in [2.75, 3.05) is 5.32 Å². The van der Waals surface area contributed by atoms with Gasteiger partial charge in [-0.2, -0.15) is 0 Å². The highest BCUT2D eigenvalue weighted by molar-refractivity contribution is 8.00. The van der Waals surface area contributed by atoms with Crippen LogP contribution in [0.2, 0.25) is 0 Å². The number of halogens is 2. The quantitative estimate of drug-likeness (QED) is 0.618. The maximum absolute atomic E-state index is 13.2. The highest BCUT2D eigenvalue weighted by Gasteiger charge is 2.17. The average molecular weight is 353 g/mol. The number of H-pyrrole nitrogens is 1. The molecule has 0 spiro atoms. The number of aromatic nitrogens is 2. The molecule has 0 aliphatic heterocycles. The highest BCUT2D eigenvalue weighted by atomic mass is 32.2. The van der Waals surface area contributed by atoms with Crippen molar-refractivity contribution in [3.8, 4) is 0 Å². The normalized spacial score (nSPS) is 12.0. The Morgan fingerprint density at radius 2 is 2.08 bits per heavy atom. The van der Waals surface area contributed by atoms with Gasteiger partial charge in [0, 0.05) is 23.5 Å². The number of rotatable bonds is 6. The number of anilines is 1. The van der Waals surface area contributed by atoms with Crippen molar-refractivity contribution in [1.82, 2.24) is 9.97 Å². The van der Waals surface area contributed by atoms with E-state index in [9.17, 15) is 18.4 Å². The van der Waals surface area contributed by atoms with Crippen LogP contribution in [0.1, 0.15) is 26.0 Å². The van der Waals surface area contributed by atoms with Gasteiger partial charge in [-0.3, -0.25) is 9.59 Å². The summed E-state index contributed by atoms with van der Waals surface area (Å²) < 4.78 is 26.0. The zero-order valence-corrected chi connectivity index (χ0v) is 14.0. The summed E-state index contributed by atoms with van der Waals surface area (Å²) in [6.07, 6.45) is 1.53. The lowest BCUT2D eigenvalue weighted by atomic mass is 10.2. The molecule has 1 heterocycles. The second-order valence-corrected chi connectivity index (χ2v) is 6.50. The Morgan fingerprint density at radius 3 is 2.75 bits per heavy atom. The van der Waals surface area contributed by atoms with Crippen LogP contribution in [0.4, 0.5) is 14.5 Å². The fourth-order valence-electron chi connectivity index (χ4n) is 1.96. The first-order valence-electron chi connectivity index (χ1n) is 7.42. The molecule has 0 aliphatic carbocycles. The van der Waals surface area contributed by atoms with E-state index in [1.807, 2.05) is 6.92 Å².